The first kappa shape index (κ1) is 19.2. The normalized spacial score (nSPS) is 18.3. The van der Waals surface area contributed by atoms with Crippen molar-refractivity contribution in [3.8, 4) is 5.75 Å². The maximum atomic E-state index is 13.0. The van der Waals surface area contributed by atoms with Gasteiger partial charge in [-0.15, -0.1) is 0 Å². The first-order valence-corrected chi connectivity index (χ1v) is 9.83. The fourth-order valence-electron chi connectivity index (χ4n) is 3.54. The van der Waals surface area contributed by atoms with Gasteiger partial charge in [-0.25, -0.2) is 0 Å². The molecule has 148 valence electrons. The molecule has 0 unspecified atom stereocenters. The molecule has 0 spiro atoms. The zero-order chi connectivity index (χ0) is 19.9. The minimum absolute atomic E-state index is 0.0298. The van der Waals surface area contributed by atoms with Gasteiger partial charge in [0.15, 0.2) is 0 Å². The third-order valence-corrected chi connectivity index (χ3v) is 5.13. The van der Waals surface area contributed by atoms with Crippen LogP contribution in [0.5, 0.6) is 5.75 Å². The van der Waals surface area contributed by atoms with Gasteiger partial charge in [-0.1, -0.05) is 42.5 Å². The maximum absolute atomic E-state index is 13.0. The molecule has 1 N–H and O–H groups in total. The van der Waals surface area contributed by atoms with Crippen molar-refractivity contribution in [1.29, 1.82) is 0 Å². The Morgan fingerprint density at radius 2 is 1.72 bits per heavy atom. The van der Waals surface area contributed by atoms with Gasteiger partial charge in [0.05, 0.1) is 24.8 Å². The van der Waals surface area contributed by atoms with Crippen molar-refractivity contribution in [2.24, 2.45) is 5.92 Å². The number of para-hydroxylation sites is 1. The van der Waals surface area contributed by atoms with Crippen LogP contribution in [0.1, 0.15) is 21.5 Å². The van der Waals surface area contributed by atoms with Crippen LogP contribution in [0.3, 0.4) is 0 Å². The van der Waals surface area contributed by atoms with Crippen molar-refractivity contribution < 1.29 is 14.3 Å². The molecule has 0 aliphatic carbocycles. The van der Waals surface area contributed by atoms with Gasteiger partial charge in [0.2, 0.25) is 0 Å². The highest BCUT2D eigenvalue weighted by molar-refractivity contribution is 5.97. The van der Waals surface area contributed by atoms with Crippen LogP contribution in [0.15, 0.2) is 79.1 Å². The van der Waals surface area contributed by atoms with E-state index in [4.69, 9.17) is 9.47 Å². The van der Waals surface area contributed by atoms with Crippen molar-refractivity contribution in [2.45, 2.75) is 19.1 Å². The van der Waals surface area contributed by atoms with E-state index >= 15 is 0 Å². The minimum atomic E-state index is -0.135. The summed E-state index contributed by atoms with van der Waals surface area (Å²) >= 11 is 0. The van der Waals surface area contributed by atoms with E-state index in [9.17, 15) is 4.79 Å². The quantitative estimate of drug-likeness (QED) is 0.671. The number of hydrogen-bond donors (Lipinski definition) is 1. The number of pyridine rings is 1. The zero-order valence-corrected chi connectivity index (χ0v) is 16.2. The molecule has 5 nitrogen and oxygen atoms in total. The largest absolute Gasteiger partial charge is 0.488 e. The predicted octanol–water partition coefficient (Wildman–Crippen LogP) is 3.65. The summed E-state index contributed by atoms with van der Waals surface area (Å²) in [5.41, 5.74) is 2.80. The van der Waals surface area contributed by atoms with Crippen LogP contribution >= 0.6 is 0 Å². The molecule has 2 aromatic carbocycles. The first-order valence-electron chi connectivity index (χ1n) is 9.83. The van der Waals surface area contributed by atoms with Gasteiger partial charge in [0.1, 0.15) is 12.4 Å². The first-order chi connectivity index (χ1) is 14.3. The van der Waals surface area contributed by atoms with Crippen molar-refractivity contribution in [2.75, 3.05) is 13.2 Å². The molecule has 4 rings (SSSR count). The second-order valence-electron chi connectivity index (χ2n) is 7.21. The fourth-order valence-corrected chi connectivity index (χ4v) is 3.54. The number of carbonyl (C=O) groups is 1. The number of benzene rings is 2. The molecular weight excluding hydrogens is 364 g/mol. The smallest absolute Gasteiger partial charge is 0.255 e. The second-order valence-corrected chi connectivity index (χ2v) is 7.21. The molecule has 1 amide bonds. The van der Waals surface area contributed by atoms with Gasteiger partial charge in [-0.05, 0) is 41.8 Å². The van der Waals surface area contributed by atoms with E-state index in [1.54, 1.807) is 18.5 Å². The van der Waals surface area contributed by atoms with Crippen molar-refractivity contribution >= 4 is 5.91 Å². The van der Waals surface area contributed by atoms with Crippen molar-refractivity contribution in [1.82, 2.24) is 10.3 Å². The Bertz CT molecular complexity index is 931. The Labute approximate surface area is 170 Å². The summed E-state index contributed by atoms with van der Waals surface area (Å²) in [7, 11) is 0. The highest BCUT2D eigenvalue weighted by atomic mass is 16.5. The van der Waals surface area contributed by atoms with Crippen LogP contribution < -0.4 is 10.1 Å². The van der Waals surface area contributed by atoms with E-state index in [-0.39, 0.29) is 17.9 Å². The van der Waals surface area contributed by atoms with Gasteiger partial charge < -0.3 is 14.8 Å². The number of hydrogen-bond acceptors (Lipinski definition) is 4. The summed E-state index contributed by atoms with van der Waals surface area (Å²) in [6.07, 6.45) is 4.43. The number of nitrogens with zero attached hydrogens (tertiary/aromatic N) is 1. The molecule has 1 aromatic heterocycles. The molecule has 1 aliphatic heterocycles. The summed E-state index contributed by atoms with van der Waals surface area (Å²) in [4.78, 5) is 17.0. The third kappa shape index (κ3) is 5.00. The molecule has 1 saturated heterocycles. The molecule has 2 heterocycles. The third-order valence-electron chi connectivity index (χ3n) is 5.13. The molecule has 0 radical (unpaired) electrons. The lowest BCUT2D eigenvalue weighted by Gasteiger charge is -2.20. The van der Waals surface area contributed by atoms with Crippen LogP contribution in [-0.2, 0) is 17.8 Å². The average molecular weight is 388 g/mol. The Balaban J connectivity index is 1.41. The molecule has 2 atom stereocenters. The van der Waals surface area contributed by atoms with Crippen LogP contribution in [0, 0.1) is 5.92 Å². The summed E-state index contributed by atoms with van der Waals surface area (Å²) in [6.45, 7) is 1.58. The van der Waals surface area contributed by atoms with Gasteiger partial charge >= 0.3 is 0 Å². The lowest BCUT2D eigenvalue weighted by Crippen LogP contribution is -2.40. The van der Waals surface area contributed by atoms with E-state index in [1.807, 2.05) is 60.7 Å². The summed E-state index contributed by atoms with van der Waals surface area (Å²) in [5.74, 6) is 0.682. The lowest BCUT2D eigenvalue weighted by molar-refractivity contribution is 0.0920. The average Bonchev–Trinajstić information content (AvgIpc) is 3.20. The molecule has 3 aromatic rings. The maximum Gasteiger partial charge on any atom is 0.255 e. The van der Waals surface area contributed by atoms with E-state index < -0.39 is 0 Å². The molecule has 0 saturated carbocycles. The van der Waals surface area contributed by atoms with Gasteiger partial charge in [0.25, 0.3) is 5.91 Å². The van der Waals surface area contributed by atoms with E-state index in [2.05, 4.69) is 10.3 Å². The SMILES string of the molecule is O=C(N[C@@H]1COC[C@H]1Cc1ccncc1)c1ccccc1OCc1ccccc1. The molecule has 5 heteroatoms. The van der Waals surface area contributed by atoms with E-state index in [0.717, 1.165) is 12.0 Å². The molecule has 0 bridgehead atoms. The van der Waals surface area contributed by atoms with Crippen LogP contribution in [0.25, 0.3) is 0 Å². The van der Waals surface area contributed by atoms with Crippen LogP contribution in [-0.4, -0.2) is 30.1 Å². The minimum Gasteiger partial charge on any atom is -0.488 e. The van der Waals surface area contributed by atoms with Crippen LogP contribution in [0.2, 0.25) is 0 Å². The Hall–Kier alpha value is -3.18. The van der Waals surface area contributed by atoms with E-state index in [0.29, 0.717) is 31.1 Å². The number of nitrogens with one attached hydrogen (secondary N) is 1. The molecule has 1 aliphatic rings. The number of rotatable bonds is 7. The topological polar surface area (TPSA) is 60.5 Å². The Morgan fingerprint density at radius 3 is 2.55 bits per heavy atom. The number of amides is 1. The Kier molecular flexibility index (Phi) is 6.17. The van der Waals surface area contributed by atoms with Gasteiger partial charge in [-0.3, -0.25) is 9.78 Å². The van der Waals surface area contributed by atoms with Gasteiger partial charge in [-0.2, -0.15) is 0 Å². The van der Waals surface area contributed by atoms with E-state index in [1.165, 1.54) is 5.56 Å². The summed E-state index contributed by atoms with van der Waals surface area (Å²) in [5, 5.41) is 3.14. The Morgan fingerprint density at radius 1 is 0.966 bits per heavy atom. The molecule has 29 heavy (non-hydrogen) atoms. The fraction of sp³-hybridized carbons (Fsp3) is 0.250. The lowest BCUT2D eigenvalue weighted by atomic mass is 9.95. The number of carbonyl (C=O) groups excluding carboxylic acids is 1. The predicted molar refractivity (Wildman–Crippen MR) is 111 cm³/mol. The van der Waals surface area contributed by atoms with Crippen molar-refractivity contribution in [3.05, 3.63) is 95.8 Å². The highest BCUT2D eigenvalue weighted by Gasteiger charge is 2.30. The van der Waals surface area contributed by atoms with Gasteiger partial charge in [0, 0.05) is 18.3 Å². The summed E-state index contributed by atoms with van der Waals surface area (Å²) < 4.78 is 11.6. The summed E-state index contributed by atoms with van der Waals surface area (Å²) in [6, 6.07) is 21.3. The second kappa shape index (κ2) is 9.34. The zero-order valence-electron chi connectivity index (χ0n) is 16.2. The standard InChI is InChI=1S/C24H24N2O3/c27-24(26-22-17-28-16-20(22)14-18-10-12-25-13-11-18)21-8-4-5-9-23(21)29-15-19-6-2-1-3-7-19/h1-13,20,22H,14-17H2,(H,26,27)/t20-,22-/m1/s1. The highest BCUT2D eigenvalue weighted by Crippen LogP contribution is 2.22. The monoisotopic (exact) mass is 388 g/mol. The molecular formula is C24H24N2O3. The molecule has 1 fully saturated rings. The number of aromatic nitrogens is 1. The number of ether oxygens (including phenoxy) is 2. The van der Waals surface area contributed by atoms with Crippen LogP contribution in [0.4, 0.5) is 0 Å². The van der Waals surface area contributed by atoms with Crippen molar-refractivity contribution in [3.63, 3.8) is 0 Å².